The van der Waals surface area contributed by atoms with E-state index in [0.29, 0.717) is 51.7 Å². The summed E-state index contributed by atoms with van der Waals surface area (Å²) in [7, 11) is -10.6. The van der Waals surface area contributed by atoms with Gasteiger partial charge in [-0.2, -0.15) is 9.15 Å². The smallest absolute Gasteiger partial charge is 0.870 e. The van der Waals surface area contributed by atoms with Crippen LogP contribution in [-0.2, 0) is 61.0 Å². The third-order valence-corrected chi connectivity index (χ3v) is 26.8. The predicted molar refractivity (Wildman–Crippen MR) is 458 cm³/mol. The second-order valence-electron chi connectivity index (χ2n) is 32.5. The molecule has 113 heavy (non-hydrogen) atoms. The standard InChI is InChI=1S/C47H53ClN2O3S.C46H50ClN2O5S2.2Na.H2O/c1-6-7-12-30-49-39-26-22-33-16-8-10-20-37(33)43(39)46(2,3)41(49)28-24-35-18-15-19-36(45(35)48)25-29-42-47(4,5)44-38-21-11-9-17-34(38)23-27-40(44)50(42)31-13-14-32-54(51,52)53;1-45(2)40(48(28-9-11-30-55(50)51)38-24-20-32-14-5-7-18-36(32)42(38)45)26-22-34-16-13-17-35(44(34)47)23-27-41-46(3,4)43-37-19-8-6-15-33(37)21-25-39(43)49(41)29-10-12-31-56(52,53)54;;;/h8-11,16-17,20-29H,6-7,12-15,18-19,30-32H2,1-5H3;5-8,14-15,18-27H,9-13,16-17,28-31H2,1-4H3;;;1H2/q;-1;2*+1;/p-1. The Bertz CT molecular complexity index is 5640. The van der Waals surface area contributed by atoms with Gasteiger partial charge in [-0.15, -0.1) is 0 Å². The zero-order valence-electron chi connectivity index (χ0n) is 67.5. The number of unbranched alkanes of at least 4 members (excludes halogenated alkanes) is 5. The summed E-state index contributed by atoms with van der Waals surface area (Å²) < 4.78 is 95.8. The molecule has 0 fully saturated rings. The fraction of sp³-hybridized carbons (Fsp3) is 0.376. The van der Waals surface area contributed by atoms with E-state index in [9.17, 15) is 34.4 Å². The van der Waals surface area contributed by atoms with Gasteiger partial charge in [-0.1, -0.05) is 221 Å². The second kappa shape index (κ2) is 37.3. The normalized spacial score (nSPS) is 19.0. The first-order valence-corrected chi connectivity index (χ1v) is 44.5. The van der Waals surface area contributed by atoms with E-state index in [-0.39, 0.29) is 104 Å². The second-order valence-corrected chi connectivity index (χ2v) is 37.3. The van der Waals surface area contributed by atoms with Gasteiger partial charge in [-0.3, -0.25) is 0 Å². The molecule has 4 aliphatic heterocycles. The summed E-state index contributed by atoms with van der Waals surface area (Å²) in [4.78, 5) is 4.62. The molecule has 6 aliphatic rings. The molecule has 0 spiro atoms. The van der Waals surface area contributed by atoms with Gasteiger partial charge in [-0.05, 0) is 211 Å². The van der Waals surface area contributed by atoms with Crippen molar-refractivity contribution in [3.8, 4) is 0 Å². The number of rotatable bonds is 25. The molecule has 14 rings (SSSR count). The molecule has 2 aliphatic carbocycles. The Hall–Kier alpha value is -6.03. The Morgan fingerprint density at radius 1 is 0.434 bits per heavy atom. The zero-order chi connectivity index (χ0) is 78.1. The van der Waals surface area contributed by atoms with E-state index in [0.717, 1.165) is 107 Å². The van der Waals surface area contributed by atoms with Crippen LogP contribution in [0.5, 0.6) is 0 Å². The van der Waals surface area contributed by atoms with Gasteiger partial charge in [0, 0.05) is 117 Å². The van der Waals surface area contributed by atoms with Crippen molar-refractivity contribution >= 4 is 131 Å². The number of fused-ring (bicyclic) bond motifs is 12. The van der Waals surface area contributed by atoms with Gasteiger partial charge in [0.25, 0.3) is 0 Å². The van der Waals surface area contributed by atoms with Crippen molar-refractivity contribution in [1.29, 1.82) is 0 Å². The monoisotopic (exact) mass is 1630 g/mol. The van der Waals surface area contributed by atoms with Crippen molar-refractivity contribution in [2.24, 2.45) is 0 Å². The number of hydrogen-bond donors (Lipinski definition) is 0. The average Bonchev–Trinajstić information content (AvgIpc) is 1.63. The maximum absolute atomic E-state index is 11.4. The van der Waals surface area contributed by atoms with Gasteiger partial charge < -0.3 is 32.8 Å². The fourth-order valence-corrected chi connectivity index (χ4v) is 20.5. The largest absolute Gasteiger partial charge is 1.00 e. The molecule has 8 aromatic rings. The van der Waals surface area contributed by atoms with Gasteiger partial charge in [0.05, 0.1) is 31.1 Å². The van der Waals surface area contributed by atoms with E-state index in [4.69, 9.17) is 23.2 Å². The SMILES string of the molecule is CC1(C)C(/C=C/C2=C(Cl)C(=C/C=C3\N(CCCCS(=O)(=O)[O-])c4ccc5ccccc5c4C3(C)C)/CCC2)=[N+](CCCC[S-](=O)=O)c2ccc3ccccc3c21.CCCCC[N+]1=C(/C=C/C2=C(Cl)C(=C/C=C3/N(CCCCS(=O)(=O)[O-])c4ccc5ccccc5c4C3(C)C)/CCC2)C(C)(C)c2c1ccc1ccccc21.[Na+].[Na+].[OH-]. The molecule has 584 valence electrons. The quantitative estimate of drug-likeness (QED) is 0.0174. The van der Waals surface area contributed by atoms with Crippen molar-refractivity contribution in [2.75, 3.05) is 53.2 Å². The van der Waals surface area contributed by atoms with Gasteiger partial charge >= 0.3 is 59.1 Å². The van der Waals surface area contributed by atoms with Crippen molar-refractivity contribution in [1.82, 2.24) is 0 Å². The van der Waals surface area contributed by atoms with Gasteiger partial charge in [-0.25, -0.2) is 16.8 Å². The maximum atomic E-state index is 11.4. The molecule has 4 heterocycles. The molecule has 0 bridgehead atoms. The molecule has 0 aromatic heterocycles. The molecule has 0 atom stereocenters. The van der Waals surface area contributed by atoms with Crippen molar-refractivity contribution in [3.05, 3.63) is 260 Å². The number of halogens is 2. The van der Waals surface area contributed by atoms with E-state index in [1.165, 1.54) is 107 Å². The summed E-state index contributed by atoms with van der Waals surface area (Å²) in [5.74, 6) is -0.552. The molecular weight excluding hydrogens is 1530 g/mol. The average molecular weight is 1630 g/mol. The summed E-state index contributed by atoms with van der Waals surface area (Å²) in [5.41, 5.74) is 18.0. The first-order chi connectivity index (χ1) is 52.5. The minimum atomic E-state index is -4.28. The molecule has 0 unspecified atom stereocenters. The van der Waals surface area contributed by atoms with Gasteiger partial charge in [0.2, 0.25) is 11.4 Å². The first-order valence-electron chi connectivity index (χ1n) is 39.3. The van der Waals surface area contributed by atoms with Crippen LogP contribution in [0.3, 0.4) is 0 Å². The van der Waals surface area contributed by atoms with Crippen molar-refractivity contribution in [2.45, 2.75) is 180 Å². The Balaban J connectivity index is 0.000000233. The van der Waals surface area contributed by atoms with Crippen LogP contribution in [-0.4, -0.2) is 95.4 Å². The van der Waals surface area contributed by atoms with E-state index in [1.54, 1.807) is 0 Å². The van der Waals surface area contributed by atoms with Crippen LogP contribution in [0.1, 0.15) is 181 Å². The fourth-order valence-electron chi connectivity index (χ4n) is 18.3. The molecule has 0 amide bonds. The summed E-state index contributed by atoms with van der Waals surface area (Å²) >= 11 is 14.6. The van der Waals surface area contributed by atoms with Crippen LogP contribution in [0.25, 0.3) is 43.1 Å². The minimum absolute atomic E-state index is 0. The van der Waals surface area contributed by atoms with E-state index in [1.807, 2.05) is 6.07 Å². The maximum Gasteiger partial charge on any atom is 1.00 e. The number of nitrogens with zero attached hydrogens (tertiary/aromatic N) is 4. The van der Waals surface area contributed by atoms with Gasteiger partial charge in [0.1, 0.15) is 13.1 Å². The van der Waals surface area contributed by atoms with Crippen molar-refractivity contribution < 1.29 is 108 Å². The summed E-state index contributed by atoms with van der Waals surface area (Å²) in [6, 6.07) is 51.8. The third-order valence-electron chi connectivity index (χ3n) is 23.7. The third kappa shape index (κ3) is 18.9. The number of hydrogen-bond acceptors (Lipinski definition) is 12. The molecule has 8 aromatic carbocycles. The van der Waals surface area contributed by atoms with Crippen LogP contribution in [0, 0.1) is 0 Å². The number of benzene rings is 8. The van der Waals surface area contributed by atoms with E-state index in [2.05, 4.69) is 269 Å². The molecule has 0 saturated heterocycles. The van der Waals surface area contributed by atoms with E-state index >= 15 is 0 Å². The first kappa shape index (κ1) is 89.3. The Morgan fingerprint density at radius 2 is 0.788 bits per heavy atom. The van der Waals surface area contributed by atoms with E-state index < -0.39 is 30.9 Å². The minimum Gasteiger partial charge on any atom is -0.870 e. The Morgan fingerprint density at radius 3 is 1.15 bits per heavy atom. The summed E-state index contributed by atoms with van der Waals surface area (Å²) in [6.45, 7) is 23.5. The van der Waals surface area contributed by atoms with Crippen LogP contribution >= 0.6 is 23.2 Å². The number of allylic oxidation sites excluding steroid dienone is 16. The molecule has 0 saturated carbocycles. The Kier molecular flexibility index (Phi) is 29.5. The summed E-state index contributed by atoms with van der Waals surface area (Å²) in [5, 5.41) is 11.4. The number of anilines is 2. The van der Waals surface area contributed by atoms with Crippen molar-refractivity contribution in [3.63, 3.8) is 0 Å². The van der Waals surface area contributed by atoms with Crippen LogP contribution in [0.2, 0.25) is 0 Å². The van der Waals surface area contributed by atoms with Crippen LogP contribution < -0.4 is 68.9 Å². The molecule has 20 heteroatoms. The molecular formula is C93H104Cl2N4Na2O9S3. The predicted octanol–water partition coefficient (Wildman–Crippen LogP) is 16.2. The van der Waals surface area contributed by atoms with Crippen LogP contribution in [0.15, 0.2) is 238 Å². The zero-order valence-corrected chi connectivity index (χ0v) is 75.5. The molecule has 13 nitrogen and oxygen atoms in total. The molecule has 0 radical (unpaired) electrons. The Labute approximate surface area is 726 Å². The van der Waals surface area contributed by atoms with Crippen LogP contribution in [0.4, 0.5) is 22.7 Å². The summed E-state index contributed by atoms with van der Waals surface area (Å²) in [6.07, 6.45) is 30.0. The topological polar surface area (TPSA) is 191 Å². The van der Waals surface area contributed by atoms with Gasteiger partial charge in [0.15, 0.2) is 11.4 Å². The molecule has 1 N–H and O–H groups in total.